The van der Waals surface area contributed by atoms with E-state index in [1.165, 1.54) is 11.1 Å². The van der Waals surface area contributed by atoms with Gasteiger partial charge in [0.1, 0.15) is 11.9 Å². The monoisotopic (exact) mass is 601 g/mol. The van der Waals surface area contributed by atoms with E-state index in [4.69, 9.17) is 4.74 Å². The van der Waals surface area contributed by atoms with Crippen molar-refractivity contribution in [2.24, 2.45) is 0 Å². The first kappa shape index (κ1) is 26.5. The van der Waals surface area contributed by atoms with E-state index < -0.39 is 42.9 Å². The van der Waals surface area contributed by atoms with Crippen LogP contribution in [0.2, 0.25) is 0 Å². The summed E-state index contributed by atoms with van der Waals surface area (Å²) in [5.41, 5.74) is 2.39. The molecule has 13 heteroatoms. The van der Waals surface area contributed by atoms with Crippen LogP contribution in [0.15, 0.2) is 56.7 Å². The molecule has 1 saturated heterocycles. The van der Waals surface area contributed by atoms with Crippen molar-refractivity contribution in [1.29, 1.82) is 0 Å². The Morgan fingerprint density at radius 2 is 1.94 bits per heavy atom. The van der Waals surface area contributed by atoms with Gasteiger partial charge in [-0.3, -0.25) is 4.90 Å². The van der Waals surface area contributed by atoms with Crippen molar-refractivity contribution < 1.29 is 31.8 Å². The van der Waals surface area contributed by atoms with Crippen LogP contribution in [0.3, 0.4) is 0 Å². The minimum absolute atomic E-state index is 0.165. The second kappa shape index (κ2) is 10.8. The topological polar surface area (TPSA) is 100 Å². The van der Waals surface area contributed by atoms with E-state index in [1.54, 1.807) is 0 Å². The molecule has 192 valence electrons. The number of thiazole rings is 1. The van der Waals surface area contributed by atoms with Gasteiger partial charge in [-0.2, -0.15) is 0 Å². The molecular weight excluding hydrogens is 580 g/mol. The van der Waals surface area contributed by atoms with Crippen molar-refractivity contribution in [3.63, 3.8) is 0 Å². The number of ether oxygens (including phenoxy) is 1. The van der Waals surface area contributed by atoms with E-state index in [0.717, 1.165) is 22.8 Å². The molecule has 1 aliphatic rings. The van der Waals surface area contributed by atoms with Crippen LogP contribution in [-0.2, 0) is 10.0 Å². The Labute approximate surface area is 219 Å². The fraction of sp³-hybridized carbons (Fsp3) is 0.304. The van der Waals surface area contributed by atoms with Crippen LogP contribution in [-0.4, -0.2) is 48.7 Å². The fourth-order valence-corrected chi connectivity index (χ4v) is 6.59. The van der Waals surface area contributed by atoms with Gasteiger partial charge in [-0.1, -0.05) is 30.3 Å². The summed E-state index contributed by atoms with van der Waals surface area (Å²) in [6.45, 7) is 3.52. The van der Waals surface area contributed by atoms with Crippen molar-refractivity contribution >= 4 is 49.2 Å². The van der Waals surface area contributed by atoms with Gasteiger partial charge in [-0.05, 0) is 41.3 Å². The highest BCUT2D eigenvalue weighted by Crippen LogP contribution is 2.38. The summed E-state index contributed by atoms with van der Waals surface area (Å²) < 4.78 is 61.4. The van der Waals surface area contributed by atoms with Crippen LogP contribution in [0.5, 0.6) is 5.75 Å². The van der Waals surface area contributed by atoms with Gasteiger partial charge in [-0.15, -0.1) is 15.6 Å². The number of benzene rings is 2. The number of halogens is 3. The molecule has 4 rings (SSSR count). The number of carboxylic acid groups (broad SMARTS) is 1. The van der Waals surface area contributed by atoms with Gasteiger partial charge >= 0.3 is 6.09 Å². The van der Waals surface area contributed by atoms with Gasteiger partial charge in [0.2, 0.25) is 0 Å². The maximum atomic E-state index is 15.2. The molecule has 0 radical (unpaired) electrons. The fourth-order valence-electron chi connectivity index (χ4n) is 4.10. The number of amides is 1. The normalized spacial score (nSPS) is 16.0. The Morgan fingerprint density at radius 1 is 1.28 bits per heavy atom. The molecule has 1 unspecified atom stereocenters. The van der Waals surface area contributed by atoms with Gasteiger partial charge in [0, 0.05) is 30.6 Å². The molecule has 8 nitrogen and oxygen atoms in total. The summed E-state index contributed by atoms with van der Waals surface area (Å²) in [6.07, 6.45) is -1.09. The molecular formula is C23H22BrF2N3O5S2. The number of carbonyl (C=O) groups is 1. The molecule has 1 N–H and O–H groups in total. The Kier molecular flexibility index (Phi) is 7.93. The Bertz CT molecular complexity index is 1340. The quantitative estimate of drug-likeness (QED) is 0.349. The number of anilines is 1. The van der Waals surface area contributed by atoms with E-state index in [2.05, 4.69) is 44.9 Å². The molecule has 36 heavy (non-hydrogen) atoms. The molecule has 2 aromatic carbocycles. The van der Waals surface area contributed by atoms with Crippen molar-refractivity contribution in [1.82, 2.24) is 9.88 Å². The third-order valence-electron chi connectivity index (χ3n) is 5.98. The maximum Gasteiger partial charge on any atom is 0.427 e. The molecule has 0 bridgehead atoms. The molecule has 0 aliphatic carbocycles. The average molecular weight is 602 g/mol. The SMILES string of the molecule is CC(c1ccccc1)N1CCC(Oc2cc(F)c(S(=O)(=O)N(C(=O)O)c3cscn3)c(F)c2Br)CC1. The highest BCUT2D eigenvalue weighted by atomic mass is 79.9. The van der Waals surface area contributed by atoms with Crippen molar-refractivity contribution in [2.45, 2.75) is 36.8 Å². The third-order valence-corrected chi connectivity index (χ3v) is 9.01. The predicted octanol–water partition coefficient (Wildman–Crippen LogP) is 5.66. The van der Waals surface area contributed by atoms with Gasteiger partial charge < -0.3 is 9.84 Å². The van der Waals surface area contributed by atoms with Crippen molar-refractivity contribution in [3.8, 4) is 5.75 Å². The number of hydrogen-bond acceptors (Lipinski definition) is 7. The molecule has 2 heterocycles. The smallest absolute Gasteiger partial charge is 0.427 e. The van der Waals surface area contributed by atoms with E-state index in [0.29, 0.717) is 25.9 Å². The minimum atomic E-state index is -5.16. The van der Waals surface area contributed by atoms with Gasteiger partial charge in [0.05, 0.1) is 9.98 Å². The number of piperidine rings is 1. The molecule has 0 saturated carbocycles. The van der Waals surface area contributed by atoms with Crippen LogP contribution in [0.25, 0.3) is 0 Å². The predicted molar refractivity (Wildman–Crippen MR) is 134 cm³/mol. The first-order valence-corrected chi connectivity index (χ1v) is 14.1. The second-order valence-corrected chi connectivity index (χ2v) is 11.4. The number of likely N-dealkylation sites (tertiary alicyclic amines) is 1. The zero-order valence-corrected chi connectivity index (χ0v) is 22.2. The number of aromatic nitrogens is 1. The minimum Gasteiger partial charge on any atom is -0.489 e. The van der Waals surface area contributed by atoms with Crippen molar-refractivity contribution in [3.05, 3.63) is 69.0 Å². The summed E-state index contributed by atoms with van der Waals surface area (Å²) in [4.78, 5) is 16.2. The first-order valence-electron chi connectivity index (χ1n) is 10.9. The van der Waals surface area contributed by atoms with Gasteiger partial charge in [0.15, 0.2) is 22.3 Å². The average Bonchev–Trinajstić information content (AvgIpc) is 3.36. The molecule has 0 spiro atoms. The van der Waals surface area contributed by atoms with Gasteiger partial charge in [0.25, 0.3) is 10.0 Å². The molecule has 3 aromatic rings. The van der Waals surface area contributed by atoms with E-state index >= 15 is 4.39 Å². The molecule has 1 atom stereocenters. The largest absolute Gasteiger partial charge is 0.489 e. The summed E-state index contributed by atoms with van der Waals surface area (Å²) in [5, 5.41) is 10.6. The summed E-state index contributed by atoms with van der Waals surface area (Å²) >= 11 is 3.89. The molecule has 1 amide bonds. The highest BCUT2D eigenvalue weighted by Gasteiger charge is 2.39. The summed E-state index contributed by atoms with van der Waals surface area (Å²) in [5.74, 6) is -3.64. The molecule has 1 aromatic heterocycles. The second-order valence-electron chi connectivity index (χ2n) is 8.15. The van der Waals surface area contributed by atoms with Crippen LogP contribution in [0, 0.1) is 11.6 Å². The van der Waals surface area contributed by atoms with Gasteiger partial charge in [-0.25, -0.2) is 27.0 Å². The zero-order chi connectivity index (χ0) is 26.0. The third kappa shape index (κ3) is 5.24. The highest BCUT2D eigenvalue weighted by molar-refractivity contribution is 9.10. The van der Waals surface area contributed by atoms with Crippen LogP contribution < -0.4 is 9.04 Å². The lowest BCUT2D eigenvalue weighted by Crippen LogP contribution is -2.39. The van der Waals surface area contributed by atoms with E-state index in [-0.39, 0.29) is 22.2 Å². The van der Waals surface area contributed by atoms with Crippen molar-refractivity contribution in [2.75, 3.05) is 17.4 Å². The Balaban J connectivity index is 1.52. The standard InChI is InChI=1S/C23H22BrF2N3O5S2/c1-14(15-5-3-2-4-6-15)28-9-7-16(8-10-28)34-18-11-17(25)22(21(26)20(18)24)36(32,33)29(23(30)31)19-12-35-13-27-19/h2-6,11-14,16H,7-10H2,1H3,(H,30,31). The summed E-state index contributed by atoms with van der Waals surface area (Å²) in [7, 11) is -5.16. The van der Waals surface area contributed by atoms with E-state index in [1.807, 2.05) is 18.2 Å². The Hall–Kier alpha value is -2.61. The lowest BCUT2D eigenvalue weighted by Gasteiger charge is -2.36. The number of nitrogens with zero attached hydrogens (tertiary/aromatic N) is 3. The van der Waals surface area contributed by atoms with Crippen LogP contribution >= 0.6 is 27.3 Å². The molecule has 1 aliphatic heterocycles. The lowest BCUT2D eigenvalue weighted by atomic mass is 10.0. The Morgan fingerprint density at radius 3 is 2.53 bits per heavy atom. The van der Waals surface area contributed by atoms with E-state index in [9.17, 15) is 22.7 Å². The zero-order valence-electron chi connectivity index (χ0n) is 19.0. The maximum absolute atomic E-state index is 15.2. The molecule has 1 fully saturated rings. The number of rotatable bonds is 7. The number of sulfonamides is 1. The lowest BCUT2D eigenvalue weighted by molar-refractivity contribution is 0.0787. The first-order chi connectivity index (χ1) is 17.1. The number of hydrogen-bond donors (Lipinski definition) is 1. The van der Waals surface area contributed by atoms with Crippen LogP contribution in [0.1, 0.15) is 31.4 Å². The van der Waals surface area contributed by atoms with Crippen LogP contribution in [0.4, 0.5) is 19.4 Å². The summed E-state index contributed by atoms with van der Waals surface area (Å²) in [6, 6.07) is 11.0.